The van der Waals surface area contributed by atoms with E-state index in [1.54, 1.807) is 24.3 Å². The lowest BCUT2D eigenvalue weighted by atomic mass is 9.78. The number of rotatable bonds is 7. The monoisotopic (exact) mass is 377 g/mol. The number of carbonyl (C=O) groups excluding carboxylic acids is 3. The van der Waals surface area contributed by atoms with E-state index >= 15 is 0 Å². The molecular formula is C20H27NO4S. The molecule has 6 heteroatoms. The van der Waals surface area contributed by atoms with Crippen LogP contribution in [0.5, 0.6) is 0 Å². The summed E-state index contributed by atoms with van der Waals surface area (Å²) < 4.78 is 5.19. The van der Waals surface area contributed by atoms with E-state index in [0.29, 0.717) is 28.0 Å². The number of ether oxygens (including phenoxy) is 1. The molecule has 2 rings (SSSR count). The largest absolute Gasteiger partial charge is 0.452 e. The lowest BCUT2D eigenvalue weighted by molar-refractivity contribution is -0.125. The highest BCUT2D eigenvalue weighted by atomic mass is 32.2. The van der Waals surface area contributed by atoms with Crippen molar-refractivity contribution in [3.8, 4) is 0 Å². The Morgan fingerprint density at radius 2 is 1.92 bits per heavy atom. The van der Waals surface area contributed by atoms with E-state index in [9.17, 15) is 14.4 Å². The van der Waals surface area contributed by atoms with Crippen LogP contribution < -0.4 is 5.32 Å². The SMILES string of the molecule is CC(=O)CSc1ccccc1C(=O)OCC(=O)N[C@H]1CCC[C@@H](C)[C@H]1C. The molecule has 1 fully saturated rings. The van der Waals surface area contributed by atoms with Crippen molar-refractivity contribution in [3.05, 3.63) is 29.8 Å². The molecule has 1 N–H and O–H groups in total. The van der Waals surface area contributed by atoms with Gasteiger partial charge in [0.25, 0.3) is 5.91 Å². The maximum atomic E-state index is 12.3. The first kappa shape index (κ1) is 20.5. The average molecular weight is 378 g/mol. The normalized spacial score (nSPS) is 22.5. The first-order valence-corrected chi connectivity index (χ1v) is 10.0. The summed E-state index contributed by atoms with van der Waals surface area (Å²) in [6.07, 6.45) is 3.27. The van der Waals surface area contributed by atoms with Crippen molar-refractivity contribution in [2.45, 2.75) is 51.0 Å². The van der Waals surface area contributed by atoms with Crippen LogP contribution >= 0.6 is 11.8 Å². The number of amides is 1. The van der Waals surface area contributed by atoms with E-state index in [1.807, 2.05) is 0 Å². The molecule has 0 heterocycles. The molecule has 1 amide bonds. The van der Waals surface area contributed by atoms with E-state index in [4.69, 9.17) is 4.74 Å². The minimum Gasteiger partial charge on any atom is -0.452 e. The Labute approximate surface area is 159 Å². The quantitative estimate of drug-likeness (QED) is 0.582. The molecule has 0 spiro atoms. The molecule has 0 aromatic heterocycles. The molecule has 142 valence electrons. The summed E-state index contributed by atoms with van der Waals surface area (Å²) in [5.74, 6) is 0.528. The lowest BCUT2D eigenvalue weighted by Crippen LogP contribution is -2.45. The molecule has 1 aromatic rings. The predicted molar refractivity (Wildman–Crippen MR) is 102 cm³/mol. The number of ketones is 1. The summed E-state index contributed by atoms with van der Waals surface area (Å²) >= 11 is 1.30. The van der Waals surface area contributed by atoms with Crippen LogP contribution in [0.25, 0.3) is 0 Å². The molecule has 0 unspecified atom stereocenters. The Bertz CT molecular complexity index is 661. The Balaban J connectivity index is 1.88. The fraction of sp³-hybridized carbons (Fsp3) is 0.550. The first-order chi connectivity index (χ1) is 12.4. The molecule has 0 aliphatic heterocycles. The minimum absolute atomic E-state index is 0.0355. The van der Waals surface area contributed by atoms with Gasteiger partial charge in [0.05, 0.1) is 11.3 Å². The number of benzene rings is 1. The van der Waals surface area contributed by atoms with Crippen LogP contribution in [-0.4, -0.2) is 36.1 Å². The van der Waals surface area contributed by atoms with E-state index in [0.717, 1.165) is 12.8 Å². The molecule has 0 saturated heterocycles. The summed E-state index contributed by atoms with van der Waals surface area (Å²) in [5, 5.41) is 2.99. The van der Waals surface area contributed by atoms with Gasteiger partial charge >= 0.3 is 5.97 Å². The Morgan fingerprint density at radius 1 is 1.19 bits per heavy atom. The van der Waals surface area contributed by atoms with Gasteiger partial charge in [0.2, 0.25) is 0 Å². The van der Waals surface area contributed by atoms with Crippen LogP contribution in [0.15, 0.2) is 29.2 Å². The molecular weight excluding hydrogens is 350 g/mol. The third kappa shape index (κ3) is 5.87. The third-order valence-electron chi connectivity index (χ3n) is 4.93. The van der Waals surface area contributed by atoms with Crippen molar-refractivity contribution in [2.24, 2.45) is 11.8 Å². The van der Waals surface area contributed by atoms with E-state index in [-0.39, 0.29) is 24.3 Å². The fourth-order valence-electron chi connectivity index (χ4n) is 3.18. The highest BCUT2D eigenvalue weighted by Gasteiger charge is 2.28. The molecule has 0 radical (unpaired) electrons. The molecule has 1 aliphatic rings. The number of hydrogen-bond donors (Lipinski definition) is 1. The smallest absolute Gasteiger partial charge is 0.339 e. The van der Waals surface area contributed by atoms with Crippen LogP contribution in [0.2, 0.25) is 0 Å². The van der Waals surface area contributed by atoms with Gasteiger partial charge in [0, 0.05) is 10.9 Å². The van der Waals surface area contributed by atoms with Crippen LogP contribution in [0.3, 0.4) is 0 Å². The van der Waals surface area contributed by atoms with Crippen LogP contribution in [-0.2, 0) is 14.3 Å². The topological polar surface area (TPSA) is 72.5 Å². The zero-order valence-corrected chi connectivity index (χ0v) is 16.4. The van der Waals surface area contributed by atoms with E-state index < -0.39 is 5.97 Å². The Kier molecular flexibility index (Phi) is 7.69. The highest BCUT2D eigenvalue weighted by molar-refractivity contribution is 8.00. The summed E-state index contributed by atoms with van der Waals surface area (Å²) in [4.78, 5) is 36.3. The van der Waals surface area contributed by atoms with Gasteiger partial charge in [-0.2, -0.15) is 0 Å². The zero-order valence-electron chi connectivity index (χ0n) is 15.6. The van der Waals surface area contributed by atoms with Crippen molar-refractivity contribution < 1.29 is 19.1 Å². The average Bonchev–Trinajstić information content (AvgIpc) is 2.62. The maximum Gasteiger partial charge on any atom is 0.339 e. The molecule has 5 nitrogen and oxygen atoms in total. The number of Topliss-reactive ketones (excluding diaryl/α,β-unsaturated/α-hetero) is 1. The Hall–Kier alpha value is -1.82. The minimum atomic E-state index is -0.545. The van der Waals surface area contributed by atoms with Crippen molar-refractivity contribution in [1.29, 1.82) is 0 Å². The summed E-state index contributed by atoms with van der Waals surface area (Å²) in [6.45, 7) is 5.58. The molecule has 0 bridgehead atoms. The molecule has 1 saturated carbocycles. The van der Waals surface area contributed by atoms with Crippen molar-refractivity contribution in [2.75, 3.05) is 12.4 Å². The predicted octanol–water partition coefficient (Wildman–Crippen LogP) is 3.47. The summed E-state index contributed by atoms with van der Waals surface area (Å²) in [6, 6.07) is 7.10. The Morgan fingerprint density at radius 3 is 2.65 bits per heavy atom. The van der Waals surface area contributed by atoms with Crippen molar-refractivity contribution >= 4 is 29.4 Å². The van der Waals surface area contributed by atoms with Crippen LogP contribution in [0.1, 0.15) is 50.4 Å². The first-order valence-electron chi connectivity index (χ1n) is 9.06. The van der Waals surface area contributed by atoms with Gasteiger partial charge in [-0.1, -0.05) is 38.8 Å². The van der Waals surface area contributed by atoms with Gasteiger partial charge < -0.3 is 10.1 Å². The van der Waals surface area contributed by atoms with Crippen LogP contribution in [0, 0.1) is 11.8 Å². The van der Waals surface area contributed by atoms with Gasteiger partial charge in [-0.3, -0.25) is 9.59 Å². The number of carbonyl (C=O) groups is 3. The summed E-state index contributed by atoms with van der Waals surface area (Å²) in [5.41, 5.74) is 0.381. The second kappa shape index (κ2) is 9.76. The standard InChI is InChI=1S/C20H27NO4S/c1-13-7-6-9-17(15(13)3)21-19(23)11-25-20(24)16-8-4-5-10-18(16)26-12-14(2)22/h4-5,8,10,13,15,17H,6-7,9,11-12H2,1-3H3,(H,21,23)/t13-,15-,17+/m1/s1. The second-order valence-electron chi connectivity index (χ2n) is 7.00. The van der Waals surface area contributed by atoms with E-state index in [1.165, 1.54) is 25.1 Å². The lowest BCUT2D eigenvalue weighted by Gasteiger charge is -2.34. The molecule has 1 aliphatic carbocycles. The number of hydrogen-bond acceptors (Lipinski definition) is 5. The number of nitrogens with one attached hydrogen (secondary N) is 1. The van der Waals surface area contributed by atoms with Gasteiger partial charge in [0.1, 0.15) is 5.78 Å². The second-order valence-corrected chi connectivity index (χ2v) is 8.02. The van der Waals surface area contributed by atoms with Gasteiger partial charge in [-0.05, 0) is 37.3 Å². The fourth-order valence-corrected chi connectivity index (χ4v) is 4.02. The summed E-state index contributed by atoms with van der Waals surface area (Å²) in [7, 11) is 0. The molecule has 1 aromatic carbocycles. The molecule has 3 atom stereocenters. The highest BCUT2D eigenvalue weighted by Crippen LogP contribution is 2.29. The van der Waals surface area contributed by atoms with Gasteiger partial charge in [0.15, 0.2) is 6.61 Å². The maximum absolute atomic E-state index is 12.3. The van der Waals surface area contributed by atoms with Gasteiger partial charge in [-0.15, -0.1) is 11.8 Å². The number of thioether (sulfide) groups is 1. The van der Waals surface area contributed by atoms with Crippen molar-refractivity contribution in [1.82, 2.24) is 5.32 Å². The van der Waals surface area contributed by atoms with Crippen LogP contribution in [0.4, 0.5) is 0 Å². The van der Waals surface area contributed by atoms with Crippen molar-refractivity contribution in [3.63, 3.8) is 0 Å². The van der Waals surface area contributed by atoms with E-state index in [2.05, 4.69) is 19.2 Å². The zero-order chi connectivity index (χ0) is 19.1. The molecule has 26 heavy (non-hydrogen) atoms. The third-order valence-corrected chi connectivity index (χ3v) is 6.14. The number of esters is 1. The van der Waals surface area contributed by atoms with Gasteiger partial charge in [-0.25, -0.2) is 4.79 Å².